The fraction of sp³-hybridized carbons (Fsp3) is 0.462. The van der Waals surface area contributed by atoms with E-state index in [4.69, 9.17) is 14.2 Å². The summed E-state index contributed by atoms with van der Waals surface area (Å²) >= 11 is 0. The molecule has 0 atom stereocenters. The highest BCUT2D eigenvalue weighted by Crippen LogP contribution is 2.40. The maximum atomic E-state index is 9.86. The molecule has 0 aromatic heterocycles. The van der Waals surface area contributed by atoms with Crippen LogP contribution in [0.5, 0.6) is 17.2 Å². The van der Waals surface area contributed by atoms with Gasteiger partial charge in [-0.2, -0.15) is 0 Å². The number of hydrogen-bond acceptors (Lipinski definition) is 5. The molecule has 2 aromatic carbocycles. The van der Waals surface area contributed by atoms with Crippen LogP contribution < -0.4 is 14.2 Å². The van der Waals surface area contributed by atoms with Gasteiger partial charge in [-0.1, -0.05) is 23.8 Å². The molecule has 2 aromatic rings. The molecule has 5 heteroatoms. The Balaban J connectivity index is 1.91. The third-order valence-electron chi connectivity index (χ3n) is 5.66. The number of nitrogens with zero attached hydrogens (tertiary/aromatic N) is 1. The molecule has 0 aliphatic carbocycles. The van der Waals surface area contributed by atoms with E-state index in [0.29, 0.717) is 6.61 Å². The average Bonchev–Trinajstić information content (AvgIpc) is 2.78. The summed E-state index contributed by atoms with van der Waals surface area (Å²) in [7, 11) is 3.36. The molecule has 1 N–H and O–H groups in total. The highest BCUT2D eigenvalue weighted by atomic mass is 16.5. The summed E-state index contributed by atoms with van der Waals surface area (Å²) in [5.41, 5.74) is 4.42. The van der Waals surface area contributed by atoms with Crippen molar-refractivity contribution in [2.45, 2.75) is 45.8 Å². The van der Waals surface area contributed by atoms with Crippen LogP contribution in [0.2, 0.25) is 0 Å². The predicted molar refractivity (Wildman–Crippen MR) is 125 cm³/mol. The van der Waals surface area contributed by atoms with Crippen LogP contribution in [0.15, 0.2) is 48.0 Å². The van der Waals surface area contributed by atoms with Crippen molar-refractivity contribution in [2.75, 3.05) is 33.9 Å². The van der Waals surface area contributed by atoms with Gasteiger partial charge in [-0.15, -0.1) is 0 Å². The lowest BCUT2D eigenvalue weighted by Crippen LogP contribution is -2.35. The van der Waals surface area contributed by atoms with Crippen molar-refractivity contribution in [2.24, 2.45) is 0 Å². The van der Waals surface area contributed by atoms with E-state index < -0.39 is 0 Å². The highest BCUT2D eigenvalue weighted by Gasteiger charge is 2.20. The van der Waals surface area contributed by atoms with Gasteiger partial charge in [0, 0.05) is 25.2 Å². The minimum absolute atomic E-state index is 0.180. The lowest BCUT2D eigenvalue weighted by atomic mass is 9.99. The standard InChI is InChI=1S/C26H35NO4/c1-19(2)7-6-16-31-23-11-10-20(26-24(29-3)8-5-9-25(26)30-4)17-21(23)18-27-14-12-22(28)13-15-27/h5,7-11,17,22,28H,6,12-16,18H2,1-4H3. The molecular weight excluding hydrogens is 390 g/mol. The molecule has 1 heterocycles. The van der Waals surface area contributed by atoms with Crippen LogP contribution in [0, 0.1) is 0 Å². The molecule has 3 rings (SSSR count). The molecule has 5 nitrogen and oxygen atoms in total. The summed E-state index contributed by atoms with van der Waals surface area (Å²) in [6.07, 6.45) is 4.54. The van der Waals surface area contributed by atoms with Gasteiger partial charge in [0.1, 0.15) is 17.2 Å². The molecule has 0 unspecified atom stereocenters. The van der Waals surface area contributed by atoms with E-state index in [0.717, 1.165) is 72.8 Å². The Kier molecular flexibility index (Phi) is 8.38. The molecular formula is C26H35NO4. The number of aliphatic hydroxyl groups is 1. The van der Waals surface area contributed by atoms with Crippen molar-refractivity contribution >= 4 is 0 Å². The summed E-state index contributed by atoms with van der Waals surface area (Å²) in [6.45, 7) is 7.42. The number of allylic oxidation sites excluding steroid dienone is 1. The Labute approximate surface area is 186 Å². The van der Waals surface area contributed by atoms with Crippen molar-refractivity contribution in [3.8, 4) is 28.4 Å². The maximum Gasteiger partial charge on any atom is 0.130 e. The highest BCUT2D eigenvalue weighted by molar-refractivity contribution is 5.78. The summed E-state index contributed by atoms with van der Waals surface area (Å²) in [6, 6.07) is 12.1. The predicted octanol–water partition coefficient (Wildman–Crippen LogP) is 5.06. The Morgan fingerprint density at radius 3 is 2.32 bits per heavy atom. The van der Waals surface area contributed by atoms with Crippen LogP contribution in [-0.4, -0.2) is 50.0 Å². The minimum Gasteiger partial charge on any atom is -0.496 e. The van der Waals surface area contributed by atoms with Gasteiger partial charge in [-0.05, 0) is 62.9 Å². The van der Waals surface area contributed by atoms with Crippen LogP contribution in [-0.2, 0) is 6.54 Å². The fourth-order valence-electron chi connectivity index (χ4n) is 3.97. The summed E-state index contributed by atoms with van der Waals surface area (Å²) < 4.78 is 17.4. The van der Waals surface area contributed by atoms with E-state index >= 15 is 0 Å². The second kappa shape index (κ2) is 11.2. The van der Waals surface area contributed by atoms with Gasteiger partial charge >= 0.3 is 0 Å². The first-order chi connectivity index (χ1) is 15.0. The number of methoxy groups -OCH3 is 2. The Hall–Kier alpha value is -2.50. The second-order valence-electron chi connectivity index (χ2n) is 8.29. The number of benzene rings is 2. The molecule has 168 valence electrons. The molecule has 1 fully saturated rings. The van der Waals surface area contributed by atoms with Crippen LogP contribution >= 0.6 is 0 Å². The number of piperidine rings is 1. The first kappa shape index (κ1) is 23.2. The van der Waals surface area contributed by atoms with Gasteiger partial charge in [0.15, 0.2) is 0 Å². The summed E-state index contributed by atoms with van der Waals surface area (Å²) in [5, 5.41) is 9.86. The number of hydrogen-bond donors (Lipinski definition) is 1. The SMILES string of the molecule is COc1cccc(OC)c1-c1ccc(OCCC=C(C)C)c(CN2CCC(O)CC2)c1. The molecule has 1 aliphatic heterocycles. The normalized spacial score (nSPS) is 14.9. The quantitative estimate of drug-likeness (QED) is 0.449. The van der Waals surface area contributed by atoms with E-state index in [1.165, 1.54) is 5.57 Å². The van der Waals surface area contributed by atoms with Crippen LogP contribution in [0.3, 0.4) is 0 Å². The smallest absolute Gasteiger partial charge is 0.130 e. The van der Waals surface area contributed by atoms with Gasteiger partial charge in [-0.3, -0.25) is 4.90 Å². The van der Waals surface area contributed by atoms with Crippen LogP contribution in [0.1, 0.15) is 38.7 Å². The Morgan fingerprint density at radius 1 is 1.03 bits per heavy atom. The van der Waals surface area contributed by atoms with Gasteiger partial charge < -0.3 is 19.3 Å². The topological polar surface area (TPSA) is 51.2 Å². The lowest BCUT2D eigenvalue weighted by molar-refractivity contribution is 0.0788. The monoisotopic (exact) mass is 425 g/mol. The molecule has 0 spiro atoms. The zero-order valence-electron chi connectivity index (χ0n) is 19.2. The number of ether oxygens (including phenoxy) is 3. The molecule has 1 saturated heterocycles. The van der Waals surface area contributed by atoms with Crippen molar-refractivity contribution in [1.82, 2.24) is 4.90 Å². The largest absolute Gasteiger partial charge is 0.496 e. The first-order valence-electron chi connectivity index (χ1n) is 11.0. The molecule has 0 radical (unpaired) electrons. The zero-order valence-corrected chi connectivity index (χ0v) is 19.2. The second-order valence-corrected chi connectivity index (χ2v) is 8.29. The number of aliphatic hydroxyl groups excluding tert-OH is 1. The number of likely N-dealkylation sites (tertiary alicyclic amines) is 1. The van der Waals surface area contributed by atoms with Crippen molar-refractivity contribution < 1.29 is 19.3 Å². The molecule has 0 bridgehead atoms. The van der Waals surface area contributed by atoms with Crippen LogP contribution in [0.4, 0.5) is 0 Å². The fourth-order valence-corrected chi connectivity index (χ4v) is 3.97. The van der Waals surface area contributed by atoms with E-state index in [1.807, 2.05) is 18.2 Å². The van der Waals surface area contributed by atoms with Gasteiger partial charge in [0.2, 0.25) is 0 Å². The van der Waals surface area contributed by atoms with Gasteiger partial charge in [0.05, 0.1) is 32.5 Å². The molecule has 31 heavy (non-hydrogen) atoms. The summed E-state index contributed by atoms with van der Waals surface area (Å²) in [4.78, 5) is 2.38. The molecule has 0 saturated carbocycles. The minimum atomic E-state index is -0.180. The van der Waals surface area contributed by atoms with Crippen molar-refractivity contribution in [1.29, 1.82) is 0 Å². The van der Waals surface area contributed by atoms with E-state index in [-0.39, 0.29) is 6.10 Å². The third kappa shape index (κ3) is 6.25. The maximum absolute atomic E-state index is 9.86. The van der Waals surface area contributed by atoms with E-state index in [2.05, 4.69) is 43.0 Å². The lowest BCUT2D eigenvalue weighted by Gasteiger charge is -2.30. The molecule has 1 aliphatic rings. The Morgan fingerprint density at radius 2 is 1.71 bits per heavy atom. The van der Waals surface area contributed by atoms with Crippen LogP contribution in [0.25, 0.3) is 11.1 Å². The third-order valence-corrected chi connectivity index (χ3v) is 5.66. The molecule has 0 amide bonds. The number of rotatable bonds is 9. The van der Waals surface area contributed by atoms with Gasteiger partial charge in [0.25, 0.3) is 0 Å². The van der Waals surface area contributed by atoms with E-state index in [1.54, 1.807) is 14.2 Å². The first-order valence-corrected chi connectivity index (χ1v) is 11.0. The van der Waals surface area contributed by atoms with Gasteiger partial charge in [-0.25, -0.2) is 0 Å². The average molecular weight is 426 g/mol. The van der Waals surface area contributed by atoms with Crippen molar-refractivity contribution in [3.63, 3.8) is 0 Å². The summed E-state index contributed by atoms with van der Waals surface area (Å²) in [5.74, 6) is 2.47. The van der Waals surface area contributed by atoms with Crippen molar-refractivity contribution in [3.05, 3.63) is 53.6 Å². The zero-order chi connectivity index (χ0) is 22.2. The van der Waals surface area contributed by atoms with E-state index in [9.17, 15) is 5.11 Å². The Bertz CT molecular complexity index is 859.